The van der Waals surface area contributed by atoms with E-state index in [2.05, 4.69) is 39.5 Å². The van der Waals surface area contributed by atoms with E-state index >= 15 is 0 Å². The first kappa shape index (κ1) is 21.4. The average molecular weight is 372 g/mol. The van der Waals surface area contributed by atoms with Crippen LogP contribution in [-0.4, -0.2) is 58.6 Å². The molecular weight excluding hydrogens is 330 g/mol. The fourth-order valence-corrected chi connectivity index (χ4v) is 8.68. The molecule has 2 aliphatic heterocycles. The Hall–Kier alpha value is 0.0569. The molecule has 2 fully saturated rings. The summed E-state index contributed by atoms with van der Waals surface area (Å²) in [7, 11) is 3.20. The smallest absolute Gasteiger partial charge is 0.367 e. The van der Waals surface area contributed by atoms with Gasteiger partial charge in [-0.25, -0.2) is 0 Å². The molecule has 4 nitrogen and oxygen atoms in total. The third kappa shape index (κ3) is 4.32. The number of likely N-dealkylation sites (tertiary alicyclic amines) is 1. The van der Waals surface area contributed by atoms with E-state index in [1.165, 1.54) is 32.2 Å². The van der Waals surface area contributed by atoms with Crippen LogP contribution in [0.25, 0.3) is 0 Å². The van der Waals surface area contributed by atoms with Crippen molar-refractivity contribution in [2.45, 2.75) is 90.1 Å². The van der Waals surface area contributed by atoms with Gasteiger partial charge in [0, 0.05) is 32.9 Å². The predicted molar refractivity (Wildman–Crippen MR) is 106 cm³/mol. The van der Waals surface area contributed by atoms with Crippen molar-refractivity contribution in [1.29, 1.82) is 0 Å². The molecule has 0 bridgehead atoms. The molecular formula is C20H41NO3Si. The first-order valence-electron chi connectivity index (χ1n) is 10.0. The van der Waals surface area contributed by atoms with Crippen LogP contribution in [0.15, 0.2) is 0 Å². The van der Waals surface area contributed by atoms with Gasteiger partial charge in [-0.05, 0) is 63.5 Å². The molecule has 25 heavy (non-hydrogen) atoms. The van der Waals surface area contributed by atoms with Crippen molar-refractivity contribution in [2.24, 2.45) is 11.3 Å². The number of rotatable bonds is 5. The van der Waals surface area contributed by atoms with Crippen molar-refractivity contribution >= 4 is 8.56 Å². The van der Waals surface area contributed by atoms with Crippen LogP contribution >= 0.6 is 0 Å². The van der Waals surface area contributed by atoms with Gasteiger partial charge in [-0.3, -0.25) is 4.90 Å². The molecule has 5 heteroatoms. The van der Waals surface area contributed by atoms with E-state index in [0.29, 0.717) is 12.0 Å². The molecule has 0 aromatic carbocycles. The second-order valence-electron chi connectivity index (χ2n) is 9.75. The van der Waals surface area contributed by atoms with Gasteiger partial charge in [0.1, 0.15) is 5.73 Å². The SMILES string of the molecule is COC1CC(C(N2CCCCC2(C)C)C(C)(C)C)CC[Si]1(OC)OC. The zero-order valence-corrected chi connectivity index (χ0v) is 18.9. The van der Waals surface area contributed by atoms with E-state index in [9.17, 15) is 0 Å². The lowest BCUT2D eigenvalue weighted by Gasteiger charge is -2.55. The summed E-state index contributed by atoms with van der Waals surface area (Å²) in [5.74, 6) is 0.633. The minimum Gasteiger partial charge on any atom is -0.396 e. The second kappa shape index (κ2) is 7.97. The quantitative estimate of drug-likeness (QED) is 0.672. The topological polar surface area (TPSA) is 30.9 Å². The van der Waals surface area contributed by atoms with Crippen LogP contribution in [0.4, 0.5) is 0 Å². The maximum absolute atomic E-state index is 5.91. The van der Waals surface area contributed by atoms with Crippen LogP contribution in [0.2, 0.25) is 6.04 Å². The Kier molecular flexibility index (Phi) is 6.81. The maximum Gasteiger partial charge on any atom is 0.367 e. The van der Waals surface area contributed by atoms with E-state index in [1.807, 2.05) is 7.11 Å². The Morgan fingerprint density at radius 3 is 2.20 bits per heavy atom. The van der Waals surface area contributed by atoms with Gasteiger partial charge in [-0.2, -0.15) is 0 Å². The van der Waals surface area contributed by atoms with Gasteiger partial charge in [-0.15, -0.1) is 0 Å². The van der Waals surface area contributed by atoms with Crippen LogP contribution in [0, 0.1) is 11.3 Å². The molecule has 3 unspecified atom stereocenters. The van der Waals surface area contributed by atoms with E-state index in [4.69, 9.17) is 13.6 Å². The number of hydrogen-bond acceptors (Lipinski definition) is 4. The van der Waals surface area contributed by atoms with Gasteiger partial charge in [0.05, 0.1) is 0 Å². The summed E-state index contributed by atoms with van der Waals surface area (Å²) < 4.78 is 17.7. The number of ether oxygens (including phenoxy) is 1. The summed E-state index contributed by atoms with van der Waals surface area (Å²) in [6, 6.07) is 1.60. The van der Waals surface area contributed by atoms with Gasteiger partial charge in [0.2, 0.25) is 0 Å². The standard InChI is InChI=1S/C20H41NO3Si/c1-19(2,3)18(21-13-10-9-12-20(21,4)5)16-11-14-25(23-7,24-8)17(15-16)22-6/h16-18H,9-15H2,1-8H3. The molecule has 0 aromatic rings. The molecule has 0 spiro atoms. The molecule has 0 radical (unpaired) electrons. The van der Waals surface area contributed by atoms with Crippen molar-refractivity contribution in [2.75, 3.05) is 27.9 Å². The van der Waals surface area contributed by atoms with Crippen molar-refractivity contribution in [3.8, 4) is 0 Å². The van der Waals surface area contributed by atoms with Crippen molar-refractivity contribution in [1.82, 2.24) is 4.90 Å². The lowest BCUT2D eigenvalue weighted by Crippen LogP contribution is -2.63. The molecule has 0 N–H and O–H groups in total. The summed E-state index contributed by atoms with van der Waals surface area (Å²) in [6.07, 6.45) is 6.22. The molecule has 2 saturated heterocycles. The third-order valence-electron chi connectivity index (χ3n) is 6.73. The summed E-state index contributed by atoms with van der Waals surface area (Å²) in [5, 5.41) is 0. The van der Waals surface area contributed by atoms with E-state index in [1.54, 1.807) is 14.2 Å². The van der Waals surface area contributed by atoms with E-state index in [0.717, 1.165) is 12.5 Å². The largest absolute Gasteiger partial charge is 0.396 e. The van der Waals surface area contributed by atoms with Gasteiger partial charge in [0.15, 0.2) is 0 Å². The summed E-state index contributed by atoms with van der Waals surface area (Å²) >= 11 is 0. The Balaban J connectivity index is 2.28. The monoisotopic (exact) mass is 371 g/mol. The molecule has 0 aliphatic carbocycles. The minimum atomic E-state index is -2.23. The zero-order chi connectivity index (χ0) is 18.9. The third-order valence-corrected chi connectivity index (χ3v) is 10.6. The van der Waals surface area contributed by atoms with Crippen LogP contribution in [0.5, 0.6) is 0 Å². The van der Waals surface area contributed by atoms with Crippen LogP contribution < -0.4 is 0 Å². The Morgan fingerprint density at radius 1 is 1.08 bits per heavy atom. The molecule has 2 heterocycles. The average Bonchev–Trinajstić information content (AvgIpc) is 2.55. The lowest BCUT2D eigenvalue weighted by molar-refractivity contribution is -0.0567. The molecule has 0 saturated carbocycles. The van der Waals surface area contributed by atoms with Crippen LogP contribution in [-0.2, 0) is 13.6 Å². The molecule has 0 amide bonds. The second-order valence-corrected chi connectivity index (χ2v) is 13.3. The molecule has 3 atom stereocenters. The zero-order valence-electron chi connectivity index (χ0n) is 17.9. The first-order chi connectivity index (χ1) is 11.6. The van der Waals surface area contributed by atoms with Crippen LogP contribution in [0.3, 0.4) is 0 Å². The van der Waals surface area contributed by atoms with Crippen molar-refractivity contribution in [3.05, 3.63) is 0 Å². The molecule has 2 aliphatic rings. The van der Waals surface area contributed by atoms with Crippen LogP contribution in [0.1, 0.15) is 66.7 Å². The Bertz CT molecular complexity index is 431. The van der Waals surface area contributed by atoms with Gasteiger partial charge in [0.25, 0.3) is 0 Å². The first-order valence-corrected chi connectivity index (χ1v) is 12.1. The molecule has 0 aromatic heterocycles. The van der Waals surface area contributed by atoms with Crippen molar-refractivity contribution < 1.29 is 13.6 Å². The highest BCUT2D eigenvalue weighted by molar-refractivity contribution is 6.69. The van der Waals surface area contributed by atoms with Gasteiger partial charge in [-0.1, -0.05) is 27.2 Å². The lowest BCUT2D eigenvalue weighted by atomic mass is 9.72. The minimum absolute atomic E-state index is 0.124. The Morgan fingerprint density at radius 2 is 1.72 bits per heavy atom. The fraction of sp³-hybridized carbons (Fsp3) is 1.00. The number of nitrogens with zero attached hydrogens (tertiary/aromatic N) is 1. The number of hydrogen-bond donors (Lipinski definition) is 0. The van der Waals surface area contributed by atoms with Gasteiger partial charge >= 0.3 is 8.56 Å². The predicted octanol–water partition coefficient (Wildman–Crippen LogP) is 4.36. The fourth-order valence-electron chi connectivity index (χ4n) is 5.46. The van der Waals surface area contributed by atoms with E-state index in [-0.39, 0.29) is 16.7 Å². The summed E-state index contributed by atoms with van der Waals surface area (Å²) in [4.78, 5) is 2.82. The number of methoxy groups -OCH3 is 1. The van der Waals surface area contributed by atoms with Gasteiger partial charge < -0.3 is 13.6 Å². The normalized spacial score (nSPS) is 31.7. The van der Waals surface area contributed by atoms with E-state index < -0.39 is 8.56 Å². The highest BCUT2D eigenvalue weighted by atomic mass is 28.4. The van der Waals surface area contributed by atoms with Crippen molar-refractivity contribution in [3.63, 3.8) is 0 Å². The highest BCUT2D eigenvalue weighted by Gasteiger charge is 2.53. The summed E-state index contributed by atoms with van der Waals surface area (Å²) in [6.45, 7) is 13.3. The molecule has 148 valence electrons. The number of piperidine rings is 1. The maximum atomic E-state index is 5.91. The molecule has 2 rings (SSSR count). The highest BCUT2D eigenvalue weighted by Crippen LogP contribution is 2.45. The Labute approximate surface area is 156 Å². The summed E-state index contributed by atoms with van der Waals surface area (Å²) in [5.41, 5.74) is 0.658.